The van der Waals surface area contributed by atoms with Gasteiger partial charge in [0.05, 0.1) is 0 Å². The number of nitrogens with zero attached hydrogens (tertiary/aromatic N) is 1. The SMILES string of the molecule is NCCc1cnc(-c2cc3ccccc3c3ccccc23)[nH]1. The Labute approximate surface area is 128 Å². The number of benzene rings is 3. The molecule has 0 radical (unpaired) electrons. The van der Waals surface area contributed by atoms with E-state index in [4.69, 9.17) is 5.73 Å². The molecular formula is C19H17N3. The molecule has 0 aliphatic heterocycles. The van der Waals surface area contributed by atoms with Crippen LogP contribution < -0.4 is 5.73 Å². The van der Waals surface area contributed by atoms with Crippen LogP contribution in [0.4, 0.5) is 0 Å². The van der Waals surface area contributed by atoms with Crippen LogP contribution in [0.3, 0.4) is 0 Å². The summed E-state index contributed by atoms with van der Waals surface area (Å²) in [6.45, 7) is 0.625. The molecule has 0 saturated carbocycles. The van der Waals surface area contributed by atoms with E-state index in [-0.39, 0.29) is 0 Å². The third-order valence-corrected chi connectivity index (χ3v) is 4.07. The molecule has 0 aliphatic rings. The number of rotatable bonds is 3. The summed E-state index contributed by atoms with van der Waals surface area (Å²) in [6, 6.07) is 19.2. The van der Waals surface area contributed by atoms with E-state index in [9.17, 15) is 0 Å². The molecule has 108 valence electrons. The average molecular weight is 287 g/mol. The molecule has 0 aliphatic carbocycles. The van der Waals surface area contributed by atoms with Gasteiger partial charge in [-0.15, -0.1) is 0 Å². The first-order valence-corrected chi connectivity index (χ1v) is 7.51. The van der Waals surface area contributed by atoms with E-state index in [2.05, 4.69) is 64.6 Å². The number of aromatic amines is 1. The number of H-pyrrole nitrogens is 1. The zero-order valence-corrected chi connectivity index (χ0v) is 12.2. The van der Waals surface area contributed by atoms with Gasteiger partial charge in [0, 0.05) is 23.9 Å². The lowest BCUT2D eigenvalue weighted by molar-refractivity contribution is 0.936. The van der Waals surface area contributed by atoms with E-state index in [1.807, 2.05) is 6.20 Å². The standard InChI is InChI=1S/C19H17N3/c20-10-9-14-12-21-19(22-14)18-11-13-5-1-2-6-15(13)16-7-3-4-8-17(16)18/h1-8,11-12H,9-10,20H2,(H,21,22). The van der Waals surface area contributed by atoms with E-state index in [0.717, 1.165) is 23.5 Å². The highest BCUT2D eigenvalue weighted by Crippen LogP contribution is 2.33. The molecule has 0 unspecified atom stereocenters. The molecule has 1 aromatic heterocycles. The summed E-state index contributed by atoms with van der Waals surface area (Å²) < 4.78 is 0. The molecule has 4 rings (SSSR count). The summed E-state index contributed by atoms with van der Waals surface area (Å²) in [5, 5.41) is 4.98. The Morgan fingerprint density at radius 2 is 1.64 bits per heavy atom. The summed E-state index contributed by atoms with van der Waals surface area (Å²) >= 11 is 0. The molecule has 3 nitrogen and oxygen atoms in total. The molecule has 0 atom stereocenters. The van der Waals surface area contributed by atoms with Crippen LogP contribution >= 0.6 is 0 Å². The van der Waals surface area contributed by atoms with Gasteiger partial charge in [-0.25, -0.2) is 4.98 Å². The third kappa shape index (κ3) is 2.07. The molecule has 22 heavy (non-hydrogen) atoms. The Morgan fingerprint density at radius 3 is 2.45 bits per heavy atom. The molecule has 0 bridgehead atoms. The van der Waals surface area contributed by atoms with Crippen molar-refractivity contribution >= 4 is 21.5 Å². The molecule has 0 spiro atoms. The Morgan fingerprint density at radius 1 is 0.909 bits per heavy atom. The predicted molar refractivity (Wildman–Crippen MR) is 91.8 cm³/mol. The van der Waals surface area contributed by atoms with Gasteiger partial charge in [-0.2, -0.15) is 0 Å². The van der Waals surface area contributed by atoms with E-state index in [1.54, 1.807) is 0 Å². The van der Waals surface area contributed by atoms with Crippen LogP contribution in [-0.4, -0.2) is 16.5 Å². The van der Waals surface area contributed by atoms with Crippen LogP contribution in [0.2, 0.25) is 0 Å². The molecule has 0 amide bonds. The summed E-state index contributed by atoms with van der Waals surface area (Å²) in [5.41, 5.74) is 7.84. The maximum absolute atomic E-state index is 5.63. The van der Waals surface area contributed by atoms with Crippen LogP contribution in [0.5, 0.6) is 0 Å². The van der Waals surface area contributed by atoms with Crippen molar-refractivity contribution in [2.75, 3.05) is 6.54 Å². The average Bonchev–Trinajstić information content (AvgIpc) is 3.03. The Kier molecular flexibility index (Phi) is 3.13. The van der Waals surface area contributed by atoms with Crippen molar-refractivity contribution in [3.8, 4) is 11.4 Å². The lowest BCUT2D eigenvalue weighted by Gasteiger charge is -2.09. The molecule has 0 saturated heterocycles. The molecule has 1 heterocycles. The number of aromatic nitrogens is 2. The molecule has 4 aromatic rings. The van der Waals surface area contributed by atoms with Gasteiger partial charge in [0.1, 0.15) is 5.82 Å². The number of nitrogens with two attached hydrogens (primary N) is 1. The van der Waals surface area contributed by atoms with Gasteiger partial charge in [-0.1, -0.05) is 48.5 Å². The van der Waals surface area contributed by atoms with Crippen LogP contribution in [0.25, 0.3) is 32.9 Å². The Bertz CT molecular complexity index is 953. The maximum atomic E-state index is 5.63. The van der Waals surface area contributed by atoms with Gasteiger partial charge in [0.2, 0.25) is 0 Å². The van der Waals surface area contributed by atoms with Crippen LogP contribution in [0, 0.1) is 0 Å². The zero-order valence-electron chi connectivity index (χ0n) is 12.2. The molecule has 3 aromatic carbocycles. The van der Waals surface area contributed by atoms with Crippen molar-refractivity contribution in [1.82, 2.24) is 9.97 Å². The van der Waals surface area contributed by atoms with E-state index >= 15 is 0 Å². The van der Waals surface area contributed by atoms with Gasteiger partial charge < -0.3 is 10.7 Å². The predicted octanol–water partition coefficient (Wildman–Crippen LogP) is 3.88. The second kappa shape index (κ2) is 5.28. The summed E-state index contributed by atoms with van der Waals surface area (Å²) in [6.07, 6.45) is 2.70. The highest BCUT2D eigenvalue weighted by molar-refractivity contribution is 6.13. The van der Waals surface area contributed by atoms with Crippen LogP contribution in [-0.2, 0) is 6.42 Å². The lowest BCUT2D eigenvalue weighted by atomic mass is 9.97. The summed E-state index contributed by atoms with van der Waals surface area (Å²) in [4.78, 5) is 7.95. The number of fused-ring (bicyclic) bond motifs is 3. The quantitative estimate of drug-likeness (QED) is 0.562. The summed E-state index contributed by atoms with van der Waals surface area (Å²) in [7, 11) is 0. The number of nitrogens with one attached hydrogen (secondary N) is 1. The van der Waals surface area contributed by atoms with E-state index in [0.29, 0.717) is 6.54 Å². The van der Waals surface area contributed by atoms with Gasteiger partial charge in [0.25, 0.3) is 0 Å². The van der Waals surface area contributed by atoms with Gasteiger partial charge in [0.15, 0.2) is 0 Å². The zero-order chi connectivity index (χ0) is 14.9. The highest BCUT2D eigenvalue weighted by atomic mass is 14.9. The summed E-state index contributed by atoms with van der Waals surface area (Å²) in [5.74, 6) is 0.908. The Hall–Kier alpha value is -2.65. The molecule has 3 N–H and O–H groups in total. The van der Waals surface area contributed by atoms with E-state index in [1.165, 1.54) is 21.5 Å². The van der Waals surface area contributed by atoms with Gasteiger partial charge in [-0.05, 0) is 34.2 Å². The van der Waals surface area contributed by atoms with Crippen molar-refractivity contribution in [1.29, 1.82) is 0 Å². The van der Waals surface area contributed by atoms with Crippen molar-refractivity contribution in [2.45, 2.75) is 6.42 Å². The number of hydrogen-bond acceptors (Lipinski definition) is 2. The van der Waals surface area contributed by atoms with Gasteiger partial charge in [-0.3, -0.25) is 0 Å². The molecular weight excluding hydrogens is 270 g/mol. The normalized spacial score (nSPS) is 11.3. The fraction of sp³-hybridized carbons (Fsp3) is 0.105. The minimum absolute atomic E-state index is 0.625. The fourth-order valence-corrected chi connectivity index (χ4v) is 3.03. The maximum Gasteiger partial charge on any atom is 0.138 e. The largest absolute Gasteiger partial charge is 0.342 e. The second-order valence-corrected chi connectivity index (χ2v) is 5.49. The van der Waals surface area contributed by atoms with Crippen molar-refractivity contribution < 1.29 is 0 Å². The van der Waals surface area contributed by atoms with Gasteiger partial charge >= 0.3 is 0 Å². The molecule has 3 heteroatoms. The Balaban J connectivity index is 2.02. The van der Waals surface area contributed by atoms with Crippen molar-refractivity contribution in [3.63, 3.8) is 0 Å². The monoisotopic (exact) mass is 287 g/mol. The highest BCUT2D eigenvalue weighted by Gasteiger charge is 2.10. The minimum atomic E-state index is 0.625. The minimum Gasteiger partial charge on any atom is -0.342 e. The second-order valence-electron chi connectivity index (χ2n) is 5.49. The first-order valence-electron chi connectivity index (χ1n) is 7.51. The fourth-order valence-electron chi connectivity index (χ4n) is 3.03. The number of imidazole rings is 1. The first kappa shape index (κ1) is 13.0. The van der Waals surface area contributed by atoms with Crippen molar-refractivity contribution in [3.05, 3.63) is 66.5 Å². The third-order valence-electron chi connectivity index (χ3n) is 4.07. The first-order chi connectivity index (χ1) is 10.9. The van der Waals surface area contributed by atoms with Crippen LogP contribution in [0.15, 0.2) is 60.8 Å². The van der Waals surface area contributed by atoms with Crippen LogP contribution in [0.1, 0.15) is 5.69 Å². The topological polar surface area (TPSA) is 54.7 Å². The van der Waals surface area contributed by atoms with Crippen molar-refractivity contribution in [2.24, 2.45) is 5.73 Å². The lowest BCUT2D eigenvalue weighted by Crippen LogP contribution is -2.02. The number of hydrogen-bond donors (Lipinski definition) is 2. The molecule has 0 fully saturated rings. The van der Waals surface area contributed by atoms with E-state index < -0.39 is 0 Å². The smallest absolute Gasteiger partial charge is 0.138 e.